The molecule has 0 aliphatic heterocycles. The third-order valence-corrected chi connectivity index (χ3v) is 3.86. The quantitative estimate of drug-likeness (QED) is 0.801. The first-order valence-electron chi connectivity index (χ1n) is 6.64. The Kier molecular flexibility index (Phi) is 4.00. The molecule has 1 atom stereocenters. The Hall–Kier alpha value is -0.820. The summed E-state index contributed by atoms with van der Waals surface area (Å²) in [5.41, 5.74) is 8.97. The highest BCUT2D eigenvalue weighted by molar-refractivity contribution is 5.27. The van der Waals surface area contributed by atoms with Crippen LogP contribution in [0.15, 0.2) is 24.3 Å². The summed E-state index contributed by atoms with van der Waals surface area (Å²) in [7, 11) is 0. The molecule has 0 saturated heterocycles. The van der Waals surface area contributed by atoms with Crippen LogP contribution >= 0.6 is 0 Å². The van der Waals surface area contributed by atoms with Gasteiger partial charge in [0.1, 0.15) is 0 Å². The predicted octanol–water partition coefficient (Wildman–Crippen LogP) is 3.62. The topological polar surface area (TPSA) is 26.0 Å². The van der Waals surface area contributed by atoms with Crippen molar-refractivity contribution in [3.8, 4) is 0 Å². The van der Waals surface area contributed by atoms with Crippen molar-refractivity contribution in [2.75, 3.05) is 0 Å². The Morgan fingerprint density at radius 2 is 2.19 bits per heavy atom. The van der Waals surface area contributed by atoms with Gasteiger partial charge in [-0.3, -0.25) is 0 Å². The first-order valence-corrected chi connectivity index (χ1v) is 6.64. The van der Waals surface area contributed by atoms with E-state index < -0.39 is 0 Å². The van der Waals surface area contributed by atoms with Crippen LogP contribution in [0, 0.1) is 0 Å². The smallest absolute Gasteiger partial charge is 0.00393 e. The third kappa shape index (κ3) is 2.85. The van der Waals surface area contributed by atoms with Crippen molar-refractivity contribution >= 4 is 0 Å². The minimum absolute atomic E-state index is 0.368. The Labute approximate surface area is 99.0 Å². The first-order chi connectivity index (χ1) is 7.79. The number of benzene rings is 1. The van der Waals surface area contributed by atoms with Gasteiger partial charge in [-0.15, -0.1) is 0 Å². The average molecular weight is 217 g/mol. The van der Waals surface area contributed by atoms with Crippen molar-refractivity contribution in [2.24, 2.45) is 5.73 Å². The summed E-state index contributed by atoms with van der Waals surface area (Å²) in [4.78, 5) is 0. The molecule has 1 aromatic carbocycles. The molecule has 1 saturated carbocycles. The number of aryl methyl sites for hydroxylation is 1. The zero-order valence-corrected chi connectivity index (χ0v) is 10.3. The van der Waals surface area contributed by atoms with E-state index >= 15 is 0 Å². The van der Waals surface area contributed by atoms with Crippen molar-refractivity contribution in [3.05, 3.63) is 35.4 Å². The van der Waals surface area contributed by atoms with Crippen LogP contribution in [-0.4, -0.2) is 6.04 Å². The lowest BCUT2D eigenvalue weighted by Gasteiger charge is -2.26. The third-order valence-electron chi connectivity index (χ3n) is 3.86. The Balaban J connectivity index is 1.93. The Morgan fingerprint density at radius 1 is 1.38 bits per heavy atom. The highest BCUT2D eigenvalue weighted by Crippen LogP contribution is 2.36. The largest absolute Gasteiger partial charge is 0.328 e. The van der Waals surface area contributed by atoms with Gasteiger partial charge in [0, 0.05) is 6.04 Å². The zero-order chi connectivity index (χ0) is 11.4. The molecule has 1 aliphatic carbocycles. The van der Waals surface area contributed by atoms with Crippen LogP contribution in [0.4, 0.5) is 0 Å². The van der Waals surface area contributed by atoms with Gasteiger partial charge in [0.25, 0.3) is 0 Å². The molecule has 0 aromatic heterocycles. The zero-order valence-electron chi connectivity index (χ0n) is 10.3. The molecular weight excluding hydrogens is 194 g/mol. The summed E-state index contributed by atoms with van der Waals surface area (Å²) >= 11 is 0. The van der Waals surface area contributed by atoms with Gasteiger partial charge in [-0.05, 0) is 49.1 Å². The molecule has 2 rings (SSSR count). The van der Waals surface area contributed by atoms with E-state index in [1.807, 2.05) is 0 Å². The second kappa shape index (κ2) is 5.49. The van der Waals surface area contributed by atoms with E-state index in [1.54, 1.807) is 5.56 Å². The van der Waals surface area contributed by atoms with Gasteiger partial charge in [0.15, 0.2) is 0 Å². The van der Waals surface area contributed by atoms with Crippen LogP contribution in [0.1, 0.15) is 56.1 Å². The van der Waals surface area contributed by atoms with E-state index in [2.05, 4.69) is 31.2 Å². The SMILES string of the molecule is CCC(N)CCc1cccc(C2CCC2)c1. The number of rotatable bonds is 5. The molecule has 2 N–H and O–H groups in total. The van der Waals surface area contributed by atoms with Crippen LogP contribution < -0.4 is 5.73 Å². The van der Waals surface area contributed by atoms with Gasteiger partial charge in [0.2, 0.25) is 0 Å². The van der Waals surface area contributed by atoms with E-state index in [0.29, 0.717) is 6.04 Å². The number of hydrogen-bond acceptors (Lipinski definition) is 1. The summed E-state index contributed by atoms with van der Waals surface area (Å²) in [6.45, 7) is 2.16. The maximum Gasteiger partial charge on any atom is 0.00393 e. The molecular formula is C15H23N. The highest BCUT2D eigenvalue weighted by Gasteiger charge is 2.19. The van der Waals surface area contributed by atoms with E-state index in [9.17, 15) is 0 Å². The van der Waals surface area contributed by atoms with Crippen LogP contribution in [0.3, 0.4) is 0 Å². The van der Waals surface area contributed by atoms with E-state index in [1.165, 1.54) is 24.8 Å². The second-order valence-corrected chi connectivity index (χ2v) is 5.08. The van der Waals surface area contributed by atoms with E-state index in [-0.39, 0.29) is 0 Å². The highest BCUT2D eigenvalue weighted by atomic mass is 14.6. The fourth-order valence-electron chi connectivity index (χ4n) is 2.30. The van der Waals surface area contributed by atoms with Gasteiger partial charge in [-0.1, -0.05) is 37.6 Å². The maximum atomic E-state index is 5.96. The molecule has 1 unspecified atom stereocenters. The van der Waals surface area contributed by atoms with Gasteiger partial charge >= 0.3 is 0 Å². The van der Waals surface area contributed by atoms with Gasteiger partial charge in [-0.2, -0.15) is 0 Å². The minimum Gasteiger partial charge on any atom is -0.328 e. The van der Waals surface area contributed by atoms with Crippen molar-refractivity contribution in [2.45, 2.75) is 57.4 Å². The predicted molar refractivity (Wildman–Crippen MR) is 69.6 cm³/mol. The summed E-state index contributed by atoms with van der Waals surface area (Å²) in [5.74, 6) is 0.847. The normalized spacial score (nSPS) is 18.1. The molecule has 0 radical (unpaired) electrons. The van der Waals surface area contributed by atoms with Crippen LogP contribution in [0.2, 0.25) is 0 Å². The molecule has 1 aromatic rings. The summed E-state index contributed by atoms with van der Waals surface area (Å²) in [5, 5.41) is 0. The Morgan fingerprint density at radius 3 is 2.81 bits per heavy atom. The van der Waals surface area contributed by atoms with Gasteiger partial charge < -0.3 is 5.73 Å². The summed E-state index contributed by atoms with van der Waals surface area (Å²) < 4.78 is 0. The number of nitrogens with two attached hydrogens (primary N) is 1. The number of hydrogen-bond donors (Lipinski definition) is 1. The molecule has 1 nitrogen and oxygen atoms in total. The minimum atomic E-state index is 0.368. The van der Waals surface area contributed by atoms with E-state index in [4.69, 9.17) is 5.73 Å². The lowest BCUT2D eigenvalue weighted by Crippen LogP contribution is -2.19. The lowest BCUT2D eigenvalue weighted by atomic mass is 9.79. The molecule has 0 spiro atoms. The summed E-state index contributed by atoms with van der Waals surface area (Å²) in [6, 6.07) is 9.50. The van der Waals surface area contributed by atoms with Crippen LogP contribution in [-0.2, 0) is 6.42 Å². The summed E-state index contributed by atoms with van der Waals surface area (Å²) in [6.07, 6.45) is 7.52. The van der Waals surface area contributed by atoms with Crippen LogP contribution in [0.25, 0.3) is 0 Å². The standard InChI is InChI=1S/C15H23N/c1-2-15(16)10-9-12-5-3-8-14(11-12)13-6-4-7-13/h3,5,8,11,13,15H,2,4,6-7,9-10,16H2,1H3. The van der Waals surface area contributed by atoms with Crippen molar-refractivity contribution in [3.63, 3.8) is 0 Å². The van der Waals surface area contributed by atoms with Crippen molar-refractivity contribution < 1.29 is 0 Å². The fraction of sp³-hybridized carbons (Fsp3) is 0.600. The molecule has 1 fully saturated rings. The molecule has 0 amide bonds. The molecule has 0 heterocycles. The lowest BCUT2D eigenvalue weighted by molar-refractivity contribution is 0.419. The Bertz CT molecular complexity index is 328. The maximum absolute atomic E-state index is 5.96. The fourth-order valence-corrected chi connectivity index (χ4v) is 2.30. The van der Waals surface area contributed by atoms with Crippen molar-refractivity contribution in [1.29, 1.82) is 0 Å². The first kappa shape index (κ1) is 11.7. The van der Waals surface area contributed by atoms with E-state index in [0.717, 1.165) is 25.2 Å². The van der Waals surface area contributed by atoms with Gasteiger partial charge in [0.05, 0.1) is 0 Å². The average Bonchev–Trinajstić information content (AvgIpc) is 2.24. The monoisotopic (exact) mass is 217 g/mol. The molecule has 0 bridgehead atoms. The van der Waals surface area contributed by atoms with Crippen LogP contribution in [0.5, 0.6) is 0 Å². The van der Waals surface area contributed by atoms with Crippen molar-refractivity contribution in [1.82, 2.24) is 0 Å². The second-order valence-electron chi connectivity index (χ2n) is 5.08. The molecule has 1 aliphatic rings. The molecule has 1 heteroatoms. The molecule has 16 heavy (non-hydrogen) atoms. The molecule has 88 valence electrons. The van der Waals surface area contributed by atoms with Gasteiger partial charge in [-0.25, -0.2) is 0 Å².